The van der Waals surface area contributed by atoms with Gasteiger partial charge in [0.1, 0.15) is 23.2 Å². The number of ether oxygens (including phenoxy) is 6. The van der Waals surface area contributed by atoms with Gasteiger partial charge in [0.05, 0.1) is 109 Å². The number of nitrogens with one attached hydrogen (secondary N) is 4. The summed E-state index contributed by atoms with van der Waals surface area (Å²) in [5.41, 5.74) is 7.65. The number of rotatable bonds is 27. The maximum Gasteiger partial charge on any atom is 0.249 e. The van der Waals surface area contributed by atoms with Crippen LogP contribution in [0, 0.1) is 18.8 Å². The molecule has 3 aliphatic rings. The minimum atomic E-state index is -0.234. The number of likely N-dealkylation sites (N-methyl/N-ethyl adjacent to an activating group) is 1. The molecule has 4 N–H and O–H groups in total. The maximum absolute atomic E-state index is 13.3. The predicted molar refractivity (Wildman–Crippen MR) is 308 cm³/mol. The van der Waals surface area contributed by atoms with Gasteiger partial charge in [0.2, 0.25) is 17.8 Å². The molecule has 414 valence electrons. The number of nitrogens with zero attached hydrogens (tertiary/aromatic N) is 6. The number of thioether (sulfide) groups is 1. The number of anilines is 7. The summed E-state index contributed by atoms with van der Waals surface area (Å²) in [6.07, 6.45) is 11.0. The zero-order valence-corrected chi connectivity index (χ0v) is 46.8. The molecule has 4 heterocycles. The molecule has 3 aromatic carbocycles. The van der Waals surface area contributed by atoms with Crippen molar-refractivity contribution in [2.45, 2.75) is 88.2 Å². The summed E-state index contributed by atoms with van der Waals surface area (Å²) in [5, 5.41) is 15.1. The topological polar surface area (TPSA) is 178 Å². The fourth-order valence-electron chi connectivity index (χ4n) is 10.5. The minimum Gasteiger partial charge on any atom is -0.495 e. The van der Waals surface area contributed by atoms with Gasteiger partial charge in [-0.3, -0.25) is 9.59 Å². The van der Waals surface area contributed by atoms with Crippen molar-refractivity contribution in [2.75, 3.05) is 138 Å². The van der Waals surface area contributed by atoms with Gasteiger partial charge in [-0.1, -0.05) is 31.8 Å². The van der Waals surface area contributed by atoms with Crippen LogP contribution in [0.25, 0.3) is 10.9 Å². The van der Waals surface area contributed by atoms with Crippen LogP contribution in [0.5, 0.6) is 11.5 Å². The van der Waals surface area contributed by atoms with Crippen molar-refractivity contribution < 1.29 is 38.0 Å². The van der Waals surface area contributed by atoms with Crippen LogP contribution >= 0.6 is 11.8 Å². The molecule has 1 atom stereocenters. The fourth-order valence-corrected chi connectivity index (χ4v) is 11.0. The molecule has 1 aliphatic carbocycles. The van der Waals surface area contributed by atoms with E-state index in [4.69, 9.17) is 33.4 Å². The SMILES string of the molecule is CC[C@@H]1C(=O)N(C)c2cnc(Nc3ccc(NCCOCCOCCOCCOCCC(=O)N4CCC(Nc5cccc6c5c(C)c(C#CCNc5ccc(SC)cc5OC)n6C)CC4)cc3OC)nc2N1C1CCCC1. The Morgan fingerprint density at radius 2 is 1.51 bits per heavy atom. The van der Waals surface area contributed by atoms with Crippen molar-refractivity contribution in [3.63, 3.8) is 0 Å². The maximum atomic E-state index is 13.3. The molecule has 0 unspecified atom stereocenters. The zero-order chi connectivity index (χ0) is 54.1. The van der Waals surface area contributed by atoms with E-state index in [0.29, 0.717) is 103 Å². The van der Waals surface area contributed by atoms with Gasteiger partial charge in [-0.15, -0.1) is 11.8 Å². The summed E-state index contributed by atoms with van der Waals surface area (Å²) in [6, 6.07) is 18.7. The second-order valence-corrected chi connectivity index (χ2v) is 20.4. The Labute approximate surface area is 458 Å². The zero-order valence-electron chi connectivity index (χ0n) is 46.0. The molecule has 0 spiro atoms. The standard InChI is InChI=1S/C58H78N10O8S/c1-8-48-57(70)66(4)51-39-61-58(64-56(51)68(48)43-13-9-10-14-43)63-46-20-18-42(37-52(46)71-5)59-26-30-74-32-34-76-36-35-75-33-31-73-29-24-54(69)67-27-22-41(23-28-67)62-47-15-11-16-50-55(47)40(2)49(65(50)3)17-12-25-60-45-21-19-44(77-7)38-53(45)72-6/h11,15-16,18-21,37-39,41,43,48,59-60,62H,8-10,13-14,22-36H2,1-7H3,(H,61,63,64)/t48-/m1/s1. The van der Waals surface area contributed by atoms with Gasteiger partial charge >= 0.3 is 0 Å². The van der Waals surface area contributed by atoms with E-state index in [1.807, 2.05) is 35.2 Å². The first-order valence-corrected chi connectivity index (χ1v) is 28.3. The molecule has 1 saturated heterocycles. The van der Waals surface area contributed by atoms with Crippen LogP contribution in [-0.4, -0.2) is 156 Å². The van der Waals surface area contributed by atoms with Crippen LogP contribution in [-0.2, 0) is 35.6 Å². The first kappa shape index (κ1) is 56.8. The molecular formula is C58H78N10O8S. The summed E-state index contributed by atoms with van der Waals surface area (Å²) in [5.74, 6) is 9.63. The second kappa shape index (κ2) is 28.3. The average Bonchev–Trinajstić information content (AvgIpc) is 4.08. The highest BCUT2D eigenvalue weighted by Gasteiger charge is 2.41. The third-order valence-electron chi connectivity index (χ3n) is 14.7. The summed E-state index contributed by atoms with van der Waals surface area (Å²) in [7, 11) is 7.20. The van der Waals surface area contributed by atoms with Crippen LogP contribution < -0.4 is 40.5 Å². The van der Waals surface area contributed by atoms with E-state index >= 15 is 0 Å². The van der Waals surface area contributed by atoms with Crippen molar-refractivity contribution >= 4 is 74.7 Å². The largest absolute Gasteiger partial charge is 0.495 e. The van der Waals surface area contributed by atoms with Crippen molar-refractivity contribution in [3.8, 4) is 23.3 Å². The van der Waals surface area contributed by atoms with Crippen molar-refractivity contribution in [1.29, 1.82) is 0 Å². The molecule has 0 bridgehead atoms. The van der Waals surface area contributed by atoms with Gasteiger partial charge in [-0.25, -0.2) is 4.98 Å². The summed E-state index contributed by atoms with van der Waals surface area (Å²) in [4.78, 5) is 42.9. The van der Waals surface area contributed by atoms with E-state index in [0.717, 1.165) is 107 Å². The quantitative estimate of drug-likeness (QED) is 0.0223. The number of hydrogen-bond acceptors (Lipinski definition) is 16. The van der Waals surface area contributed by atoms with Gasteiger partial charge in [0.25, 0.3) is 0 Å². The molecule has 77 heavy (non-hydrogen) atoms. The van der Waals surface area contributed by atoms with E-state index in [1.165, 1.54) is 5.39 Å². The average molecular weight is 1080 g/mol. The highest BCUT2D eigenvalue weighted by atomic mass is 32.2. The van der Waals surface area contributed by atoms with Crippen LogP contribution in [0.3, 0.4) is 0 Å². The van der Waals surface area contributed by atoms with Gasteiger partial charge in [-0.2, -0.15) is 4.98 Å². The number of carbonyl (C=O) groups excluding carboxylic acids is 2. The molecule has 0 radical (unpaired) electrons. The Kier molecular flexibility index (Phi) is 20.8. The van der Waals surface area contributed by atoms with E-state index in [1.54, 1.807) is 44.1 Å². The molecule has 2 aromatic heterocycles. The molecule has 1 saturated carbocycles. The molecular weight excluding hydrogens is 997 g/mol. The molecule has 2 aliphatic heterocycles. The van der Waals surface area contributed by atoms with Crippen molar-refractivity contribution in [1.82, 2.24) is 19.4 Å². The number of benzene rings is 3. The molecule has 5 aromatic rings. The Morgan fingerprint density at radius 1 is 0.818 bits per heavy atom. The third-order valence-corrected chi connectivity index (χ3v) is 15.4. The van der Waals surface area contributed by atoms with E-state index in [-0.39, 0.29) is 23.9 Å². The lowest BCUT2D eigenvalue weighted by Gasteiger charge is -2.43. The minimum absolute atomic E-state index is 0.0901. The molecule has 8 rings (SSSR count). The Morgan fingerprint density at radius 3 is 2.21 bits per heavy atom. The Balaban J connectivity index is 0.650. The number of likely N-dealkylation sites (tertiary alicyclic amines) is 1. The predicted octanol–water partition coefficient (Wildman–Crippen LogP) is 8.70. The summed E-state index contributed by atoms with van der Waals surface area (Å²) < 4.78 is 36.3. The number of carbonyl (C=O) groups is 2. The highest BCUT2D eigenvalue weighted by molar-refractivity contribution is 7.98. The van der Waals surface area contributed by atoms with Gasteiger partial charge < -0.3 is 69.0 Å². The van der Waals surface area contributed by atoms with E-state index in [2.05, 4.69) is 99.0 Å². The Hall–Kier alpha value is -6.43. The lowest BCUT2D eigenvalue weighted by atomic mass is 10.0. The monoisotopic (exact) mass is 1070 g/mol. The van der Waals surface area contributed by atoms with Gasteiger partial charge in [0.15, 0.2) is 5.82 Å². The third kappa shape index (κ3) is 14.4. The molecule has 2 amide bonds. The van der Waals surface area contributed by atoms with Crippen molar-refractivity contribution in [3.05, 3.63) is 72.1 Å². The number of fused-ring (bicyclic) bond motifs is 2. The first-order valence-electron chi connectivity index (χ1n) is 27.1. The summed E-state index contributed by atoms with van der Waals surface area (Å²) >= 11 is 1.68. The number of methoxy groups -OCH3 is 2. The lowest BCUT2D eigenvalue weighted by Crippen LogP contribution is -2.55. The second-order valence-electron chi connectivity index (χ2n) is 19.5. The number of aryl methyl sites for hydroxylation is 2. The van der Waals surface area contributed by atoms with E-state index in [9.17, 15) is 9.59 Å². The molecule has 18 nitrogen and oxygen atoms in total. The van der Waals surface area contributed by atoms with Crippen LogP contribution in [0.1, 0.15) is 69.5 Å². The van der Waals surface area contributed by atoms with Crippen LogP contribution in [0.4, 0.5) is 40.2 Å². The number of amides is 2. The smallest absolute Gasteiger partial charge is 0.249 e. The van der Waals surface area contributed by atoms with Crippen LogP contribution in [0.2, 0.25) is 0 Å². The lowest BCUT2D eigenvalue weighted by molar-refractivity contribution is -0.133. The highest BCUT2D eigenvalue weighted by Crippen LogP contribution is 2.41. The van der Waals surface area contributed by atoms with Crippen LogP contribution in [0.15, 0.2) is 65.7 Å². The number of piperidine rings is 1. The number of aromatic nitrogens is 3. The van der Waals surface area contributed by atoms with Gasteiger partial charge in [0, 0.05) is 73.5 Å². The van der Waals surface area contributed by atoms with E-state index < -0.39 is 0 Å². The van der Waals surface area contributed by atoms with Crippen molar-refractivity contribution in [2.24, 2.45) is 7.05 Å². The number of hydrogen-bond donors (Lipinski definition) is 4. The summed E-state index contributed by atoms with van der Waals surface area (Å²) in [6.45, 7) is 10.3. The first-order chi connectivity index (χ1) is 37.6. The van der Waals surface area contributed by atoms with Gasteiger partial charge in [-0.05, 0) is 99.2 Å². The molecule has 2 fully saturated rings. The normalized spacial score (nSPS) is 15.9. The Bertz CT molecular complexity index is 2820. The molecule has 19 heteroatoms. The fraction of sp³-hybridized carbons (Fsp3) is 0.517.